The van der Waals surface area contributed by atoms with Gasteiger partial charge in [0.2, 0.25) is 0 Å². The summed E-state index contributed by atoms with van der Waals surface area (Å²) in [7, 11) is 0. The fourth-order valence-electron chi connectivity index (χ4n) is 3.29. The molecule has 1 aliphatic heterocycles. The van der Waals surface area contributed by atoms with E-state index in [9.17, 15) is 0 Å². The molecule has 1 aliphatic rings. The molecule has 0 unspecified atom stereocenters. The van der Waals surface area contributed by atoms with Crippen LogP contribution in [0, 0.1) is 12.3 Å². The maximum atomic E-state index is 4.85. The first-order valence-corrected chi connectivity index (χ1v) is 8.19. The zero-order chi connectivity index (χ0) is 16.9. The number of benzene rings is 2. The van der Waals surface area contributed by atoms with Crippen molar-refractivity contribution < 1.29 is 37.3 Å². The molecule has 0 saturated heterocycles. The van der Waals surface area contributed by atoms with Crippen molar-refractivity contribution in [2.45, 2.75) is 33.2 Å². The summed E-state index contributed by atoms with van der Waals surface area (Å²) in [4.78, 5) is 4.85. The molecule has 0 bridgehead atoms. The zero-order valence-electron chi connectivity index (χ0n) is 15.0. The van der Waals surface area contributed by atoms with Crippen molar-refractivity contribution in [3.05, 3.63) is 66.4 Å². The Morgan fingerprint density at radius 2 is 1.88 bits per heavy atom. The molecule has 1 aromatic heterocycles. The predicted octanol–water partition coefficient (Wildman–Crippen LogP) is 4.55. The molecule has 3 aromatic rings. The largest absolute Gasteiger partial charge is 0.333 e. The number of allylic oxidation sites excluding steroid dienone is 1. The number of para-hydroxylation sites is 2. The summed E-state index contributed by atoms with van der Waals surface area (Å²) in [6.07, 6.45) is 3.52. The molecule has 0 amide bonds. The minimum Gasteiger partial charge on any atom is -0.333 e. The van der Waals surface area contributed by atoms with Crippen molar-refractivity contribution in [1.82, 2.24) is 9.55 Å². The second-order valence-electron chi connectivity index (χ2n) is 6.73. The van der Waals surface area contributed by atoms with Gasteiger partial charge in [-0.05, 0) is 39.1 Å². The Morgan fingerprint density at radius 3 is 2.60 bits per heavy atom. The van der Waals surface area contributed by atoms with Crippen LogP contribution in [0.4, 0.5) is 5.95 Å². The quantitative estimate of drug-likeness (QED) is 0.454. The summed E-state index contributed by atoms with van der Waals surface area (Å²) in [6, 6.07) is 19.5. The molecule has 1 radical (unpaired) electrons. The van der Waals surface area contributed by atoms with Gasteiger partial charge in [0.15, 0.2) is 5.52 Å². The number of hydrogen-bond donors (Lipinski definition) is 0. The van der Waals surface area contributed by atoms with Gasteiger partial charge in [0, 0.05) is 38.4 Å². The van der Waals surface area contributed by atoms with Gasteiger partial charge in [-0.1, -0.05) is 19.1 Å². The van der Waals surface area contributed by atoms with Gasteiger partial charge in [-0.3, -0.25) is 4.57 Å². The van der Waals surface area contributed by atoms with E-state index in [2.05, 4.69) is 73.4 Å². The Hall–Kier alpha value is -1.58. The SMILES string of the molecule is CC(=[C-][N+]1=C(C)C(C)(C)n2c1nc1ccccc12)c1[c-]cccc1.[Y]. The normalized spacial score (nSPS) is 16.1. The molecule has 0 N–H and O–H groups in total. The Bertz CT molecular complexity index is 994. The molecular formula is C21H20N3Y-. The monoisotopic (exact) mass is 403 g/mol. The van der Waals surface area contributed by atoms with Gasteiger partial charge in [-0.15, -0.1) is 11.1 Å². The van der Waals surface area contributed by atoms with Crippen molar-refractivity contribution >= 4 is 28.3 Å². The van der Waals surface area contributed by atoms with Crippen LogP contribution in [-0.2, 0) is 38.2 Å². The maximum Gasteiger partial charge on any atom is 0.322 e. The number of fused-ring (bicyclic) bond motifs is 3. The van der Waals surface area contributed by atoms with Crippen LogP contribution in [0.5, 0.6) is 0 Å². The van der Waals surface area contributed by atoms with Crippen LogP contribution in [0.2, 0.25) is 0 Å². The summed E-state index contributed by atoms with van der Waals surface area (Å²) in [6.45, 7) is 8.67. The van der Waals surface area contributed by atoms with E-state index in [1.54, 1.807) is 0 Å². The molecule has 3 nitrogen and oxygen atoms in total. The summed E-state index contributed by atoms with van der Waals surface area (Å²) in [5.74, 6) is 0.925. The van der Waals surface area contributed by atoms with Crippen LogP contribution in [-0.4, -0.2) is 19.8 Å². The van der Waals surface area contributed by atoms with Crippen LogP contribution in [0.1, 0.15) is 33.3 Å². The fourth-order valence-corrected chi connectivity index (χ4v) is 3.29. The van der Waals surface area contributed by atoms with Crippen molar-refractivity contribution in [2.75, 3.05) is 0 Å². The topological polar surface area (TPSA) is 20.8 Å². The van der Waals surface area contributed by atoms with Crippen LogP contribution >= 0.6 is 0 Å². The first-order valence-electron chi connectivity index (χ1n) is 8.19. The standard InChI is InChI=1S/C21H20N3.Y/c1-15(17-10-6-5-7-11-17)14-23-16(2)21(3,4)24-19-13-9-8-12-18(19)22-20(23)24;/h5-10,12-13H,1-4H3;/q-1;. The number of aromatic nitrogens is 2. The van der Waals surface area contributed by atoms with E-state index < -0.39 is 0 Å². The van der Waals surface area contributed by atoms with Crippen molar-refractivity contribution in [3.8, 4) is 0 Å². The van der Waals surface area contributed by atoms with E-state index in [0.717, 1.165) is 28.1 Å². The van der Waals surface area contributed by atoms with Crippen LogP contribution in [0.15, 0.2) is 48.5 Å². The predicted molar refractivity (Wildman–Crippen MR) is 97.3 cm³/mol. The molecule has 0 fully saturated rings. The Morgan fingerprint density at radius 1 is 1.16 bits per heavy atom. The van der Waals surface area contributed by atoms with E-state index >= 15 is 0 Å². The Labute approximate surface area is 174 Å². The second kappa shape index (κ2) is 6.62. The fraction of sp³-hybridized carbons (Fsp3) is 0.238. The van der Waals surface area contributed by atoms with Crippen LogP contribution in [0.3, 0.4) is 0 Å². The molecule has 25 heavy (non-hydrogen) atoms. The molecular weight excluding hydrogens is 383 g/mol. The van der Waals surface area contributed by atoms with Crippen molar-refractivity contribution in [3.63, 3.8) is 0 Å². The Balaban J connectivity index is 0.00000182. The van der Waals surface area contributed by atoms with E-state index in [0.29, 0.717) is 0 Å². The summed E-state index contributed by atoms with van der Waals surface area (Å²) in [5, 5.41) is 0. The van der Waals surface area contributed by atoms with Gasteiger partial charge >= 0.3 is 5.95 Å². The van der Waals surface area contributed by atoms with Crippen molar-refractivity contribution in [1.29, 1.82) is 0 Å². The van der Waals surface area contributed by atoms with E-state index in [1.165, 1.54) is 5.71 Å². The third-order valence-corrected chi connectivity index (χ3v) is 4.92. The molecule has 0 spiro atoms. The molecule has 0 saturated carbocycles. The van der Waals surface area contributed by atoms with Gasteiger partial charge < -0.3 is 4.58 Å². The molecule has 123 valence electrons. The van der Waals surface area contributed by atoms with Gasteiger partial charge in [0.25, 0.3) is 0 Å². The van der Waals surface area contributed by atoms with Gasteiger partial charge in [0.05, 0.1) is 5.54 Å². The molecule has 4 rings (SSSR count). The van der Waals surface area contributed by atoms with E-state index in [4.69, 9.17) is 4.98 Å². The number of imidazole rings is 1. The summed E-state index contributed by atoms with van der Waals surface area (Å²) < 4.78 is 4.39. The summed E-state index contributed by atoms with van der Waals surface area (Å²) in [5.41, 5.74) is 5.35. The Kier molecular flexibility index (Phi) is 4.83. The minimum absolute atomic E-state index is 0. The number of rotatable bonds is 2. The maximum absolute atomic E-state index is 4.85. The first-order chi connectivity index (χ1) is 11.5. The van der Waals surface area contributed by atoms with E-state index in [-0.39, 0.29) is 38.2 Å². The average Bonchev–Trinajstić information content (AvgIpc) is 3.06. The van der Waals surface area contributed by atoms with Gasteiger partial charge in [-0.2, -0.15) is 29.8 Å². The number of nitrogens with zero attached hydrogens (tertiary/aromatic N) is 3. The molecule has 2 aromatic carbocycles. The van der Waals surface area contributed by atoms with E-state index in [1.807, 2.05) is 24.3 Å². The van der Waals surface area contributed by atoms with Crippen LogP contribution in [0.25, 0.3) is 16.6 Å². The smallest absolute Gasteiger partial charge is 0.322 e. The van der Waals surface area contributed by atoms with Crippen LogP contribution < -0.4 is 0 Å². The molecule has 2 heterocycles. The molecule has 0 atom stereocenters. The first kappa shape index (κ1) is 18.2. The zero-order valence-corrected chi connectivity index (χ0v) is 17.9. The second-order valence-corrected chi connectivity index (χ2v) is 6.73. The van der Waals surface area contributed by atoms with Gasteiger partial charge in [0.1, 0.15) is 5.52 Å². The third kappa shape index (κ3) is 2.84. The molecule has 0 aliphatic carbocycles. The average molecular weight is 403 g/mol. The van der Waals surface area contributed by atoms with Crippen molar-refractivity contribution in [2.24, 2.45) is 0 Å². The molecule has 4 heteroatoms. The van der Waals surface area contributed by atoms with Gasteiger partial charge in [-0.25, -0.2) is 5.56 Å². The number of hydrogen-bond acceptors (Lipinski definition) is 1. The third-order valence-electron chi connectivity index (χ3n) is 4.92. The minimum atomic E-state index is -0.140. The summed E-state index contributed by atoms with van der Waals surface area (Å²) >= 11 is 0.